The van der Waals surface area contributed by atoms with Crippen LogP contribution < -0.4 is 14.8 Å². The van der Waals surface area contributed by atoms with E-state index in [1.54, 1.807) is 11.3 Å². The maximum absolute atomic E-state index is 5.55. The average molecular weight is 326 g/mol. The molecule has 0 saturated carbocycles. The molecule has 0 spiro atoms. The van der Waals surface area contributed by atoms with Crippen molar-refractivity contribution in [2.24, 2.45) is 0 Å². The highest BCUT2D eigenvalue weighted by molar-refractivity contribution is 9.11. The van der Waals surface area contributed by atoms with Crippen molar-refractivity contribution in [1.82, 2.24) is 0 Å². The zero-order valence-electron chi connectivity index (χ0n) is 9.61. The second-order valence-corrected chi connectivity index (χ2v) is 6.26. The van der Waals surface area contributed by atoms with Crippen molar-refractivity contribution in [3.05, 3.63) is 39.0 Å². The van der Waals surface area contributed by atoms with E-state index in [9.17, 15) is 0 Å². The van der Waals surface area contributed by atoms with Gasteiger partial charge in [0.25, 0.3) is 0 Å². The number of halogens is 1. The SMILES string of the molecule is Brc1cc(CNc2ccc3c(c2)OCCO3)cs1. The standard InChI is InChI=1S/C13H12BrNO2S/c14-13-5-9(8-18-13)7-15-10-1-2-11-12(6-10)17-4-3-16-11/h1-2,5-6,8,15H,3-4,7H2. The van der Waals surface area contributed by atoms with Crippen LogP contribution in [0.25, 0.3) is 0 Å². The molecule has 18 heavy (non-hydrogen) atoms. The van der Waals surface area contributed by atoms with E-state index in [2.05, 4.69) is 32.7 Å². The highest BCUT2D eigenvalue weighted by Crippen LogP contribution is 2.32. The Morgan fingerprint density at radius 3 is 2.78 bits per heavy atom. The zero-order chi connectivity index (χ0) is 12.4. The molecular formula is C13H12BrNO2S. The number of hydrogen-bond acceptors (Lipinski definition) is 4. The smallest absolute Gasteiger partial charge is 0.163 e. The lowest BCUT2D eigenvalue weighted by Crippen LogP contribution is -2.15. The third kappa shape index (κ3) is 2.62. The molecule has 0 bridgehead atoms. The first-order valence-corrected chi connectivity index (χ1v) is 7.35. The summed E-state index contributed by atoms with van der Waals surface area (Å²) in [5.41, 5.74) is 2.31. The number of nitrogens with one attached hydrogen (secondary N) is 1. The second-order valence-electron chi connectivity index (χ2n) is 3.97. The molecule has 1 N–H and O–H groups in total. The van der Waals surface area contributed by atoms with Crippen molar-refractivity contribution in [3.8, 4) is 11.5 Å². The van der Waals surface area contributed by atoms with E-state index in [-0.39, 0.29) is 0 Å². The molecule has 1 aliphatic heterocycles. The monoisotopic (exact) mass is 325 g/mol. The summed E-state index contributed by atoms with van der Waals surface area (Å²) < 4.78 is 12.2. The maximum atomic E-state index is 5.55. The van der Waals surface area contributed by atoms with Crippen LogP contribution in [0.5, 0.6) is 11.5 Å². The number of ether oxygens (including phenoxy) is 2. The Labute approximate surface area is 118 Å². The van der Waals surface area contributed by atoms with Gasteiger partial charge in [0.05, 0.1) is 3.79 Å². The number of fused-ring (bicyclic) bond motifs is 1. The largest absolute Gasteiger partial charge is 0.486 e. The van der Waals surface area contributed by atoms with Crippen LogP contribution in [0.3, 0.4) is 0 Å². The number of thiophene rings is 1. The van der Waals surface area contributed by atoms with Gasteiger partial charge in [-0.25, -0.2) is 0 Å². The Hall–Kier alpha value is -1.20. The molecule has 3 nitrogen and oxygen atoms in total. The normalized spacial score (nSPS) is 13.4. The van der Waals surface area contributed by atoms with Crippen LogP contribution in [0.15, 0.2) is 33.4 Å². The maximum Gasteiger partial charge on any atom is 0.163 e. The van der Waals surface area contributed by atoms with Gasteiger partial charge in [-0.2, -0.15) is 0 Å². The lowest BCUT2D eigenvalue weighted by Gasteiger charge is -2.19. The van der Waals surface area contributed by atoms with Crippen molar-refractivity contribution < 1.29 is 9.47 Å². The molecule has 1 aromatic carbocycles. The van der Waals surface area contributed by atoms with Crippen LogP contribution in [-0.4, -0.2) is 13.2 Å². The van der Waals surface area contributed by atoms with Crippen molar-refractivity contribution >= 4 is 33.0 Å². The number of hydrogen-bond donors (Lipinski definition) is 1. The quantitative estimate of drug-likeness (QED) is 0.928. The molecule has 94 valence electrons. The Bertz CT molecular complexity index is 556. The van der Waals surface area contributed by atoms with Crippen LogP contribution in [-0.2, 0) is 6.54 Å². The van der Waals surface area contributed by atoms with E-state index in [1.807, 2.05) is 18.2 Å². The zero-order valence-corrected chi connectivity index (χ0v) is 12.0. The summed E-state index contributed by atoms with van der Waals surface area (Å²) in [6.07, 6.45) is 0. The molecule has 0 aliphatic carbocycles. The fourth-order valence-electron chi connectivity index (χ4n) is 1.80. The summed E-state index contributed by atoms with van der Waals surface area (Å²) in [4.78, 5) is 0. The second kappa shape index (κ2) is 5.20. The summed E-state index contributed by atoms with van der Waals surface area (Å²) in [6, 6.07) is 8.06. The van der Waals surface area contributed by atoms with Gasteiger partial charge in [0.2, 0.25) is 0 Å². The highest BCUT2D eigenvalue weighted by atomic mass is 79.9. The van der Waals surface area contributed by atoms with Crippen LogP contribution in [0.2, 0.25) is 0 Å². The topological polar surface area (TPSA) is 30.5 Å². The minimum Gasteiger partial charge on any atom is -0.486 e. The van der Waals surface area contributed by atoms with Gasteiger partial charge in [-0.15, -0.1) is 11.3 Å². The molecule has 0 atom stereocenters. The third-order valence-electron chi connectivity index (χ3n) is 2.66. The van der Waals surface area contributed by atoms with E-state index >= 15 is 0 Å². The molecule has 0 radical (unpaired) electrons. The number of anilines is 1. The molecule has 1 aromatic heterocycles. The van der Waals surface area contributed by atoms with Crippen molar-refractivity contribution in [1.29, 1.82) is 0 Å². The lowest BCUT2D eigenvalue weighted by molar-refractivity contribution is 0.171. The molecule has 0 saturated heterocycles. The van der Waals surface area contributed by atoms with Crippen LogP contribution in [0.4, 0.5) is 5.69 Å². The molecule has 0 fully saturated rings. The first kappa shape index (κ1) is 11.9. The van der Waals surface area contributed by atoms with Gasteiger partial charge in [0, 0.05) is 18.3 Å². The first-order valence-electron chi connectivity index (χ1n) is 5.68. The third-order valence-corrected chi connectivity index (χ3v) is 4.21. The molecular weight excluding hydrogens is 314 g/mol. The minimum absolute atomic E-state index is 0.619. The van der Waals surface area contributed by atoms with Gasteiger partial charge in [0.15, 0.2) is 11.5 Å². The Morgan fingerprint density at radius 1 is 1.17 bits per heavy atom. The fourth-order valence-corrected chi connectivity index (χ4v) is 3.01. The summed E-state index contributed by atoms with van der Waals surface area (Å²) in [5, 5.41) is 5.51. The summed E-state index contributed by atoms with van der Waals surface area (Å²) >= 11 is 5.16. The van der Waals surface area contributed by atoms with Crippen molar-refractivity contribution in [2.75, 3.05) is 18.5 Å². The molecule has 1 aliphatic rings. The average Bonchev–Trinajstić information content (AvgIpc) is 2.82. The molecule has 0 amide bonds. The summed E-state index contributed by atoms with van der Waals surface area (Å²) in [6.45, 7) is 2.05. The predicted molar refractivity (Wildman–Crippen MR) is 76.8 cm³/mol. The molecule has 2 heterocycles. The van der Waals surface area contributed by atoms with Gasteiger partial charge in [-0.1, -0.05) is 0 Å². The minimum atomic E-state index is 0.619. The van der Waals surface area contributed by atoms with E-state index < -0.39 is 0 Å². The lowest BCUT2D eigenvalue weighted by atomic mass is 10.2. The van der Waals surface area contributed by atoms with Gasteiger partial charge in [0.1, 0.15) is 13.2 Å². The summed E-state index contributed by atoms with van der Waals surface area (Å²) in [5.74, 6) is 1.64. The van der Waals surface area contributed by atoms with Crippen LogP contribution in [0.1, 0.15) is 5.56 Å². The molecule has 2 aromatic rings. The molecule has 5 heteroatoms. The van der Waals surface area contributed by atoms with E-state index in [0.717, 1.165) is 27.5 Å². The molecule has 3 rings (SSSR count). The van der Waals surface area contributed by atoms with E-state index in [0.29, 0.717) is 13.2 Å². The van der Waals surface area contributed by atoms with Crippen molar-refractivity contribution in [2.45, 2.75) is 6.54 Å². The fraction of sp³-hybridized carbons (Fsp3) is 0.231. The first-order chi connectivity index (χ1) is 8.81. The van der Waals surface area contributed by atoms with E-state index in [4.69, 9.17) is 9.47 Å². The van der Waals surface area contributed by atoms with Crippen molar-refractivity contribution in [3.63, 3.8) is 0 Å². The highest BCUT2D eigenvalue weighted by Gasteiger charge is 2.11. The van der Waals surface area contributed by atoms with Gasteiger partial charge >= 0.3 is 0 Å². The summed E-state index contributed by atoms with van der Waals surface area (Å²) in [7, 11) is 0. The Kier molecular flexibility index (Phi) is 3.43. The predicted octanol–water partition coefficient (Wildman–Crippen LogP) is 3.89. The van der Waals surface area contributed by atoms with E-state index in [1.165, 1.54) is 5.56 Å². The molecule has 0 unspecified atom stereocenters. The van der Waals surface area contributed by atoms with Crippen LogP contribution >= 0.6 is 27.3 Å². The van der Waals surface area contributed by atoms with Crippen LogP contribution in [0, 0.1) is 0 Å². The number of rotatable bonds is 3. The number of benzene rings is 1. The van der Waals surface area contributed by atoms with Gasteiger partial charge < -0.3 is 14.8 Å². The Balaban J connectivity index is 1.69. The Morgan fingerprint density at radius 2 is 2.00 bits per heavy atom. The van der Waals surface area contributed by atoms with Gasteiger partial charge in [-0.3, -0.25) is 0 Å². The van der Waals surface area contributed by atoms with Gasteiger partial charge in [-0.05, 0) is 45.1 Å².